The Hall–Kier alpha value is -2.10. The standard InChI is InChI=1S/C13H14N2O2/c1-8-4-5-11(9(2)6-8)13(16)14-12-10(3)7-17-15-12/h4-7H,1-3H3,(H,14,15,16). The van der Waals surface area contributed by atoms with Crippen molar-refractivity contribution in [2.75, 3.05) is 5.32 Å². The van der Waals surface area contributed by atoms with E-state index in [-0.39, 0.29) is 5.91 Å². The van der Waals surface area contributed by atoms with Crippen molar-refractivity contribution in [2.45, 2.75) is 20.8 Å². The van der Waals surface area contributed by atoms with Crippen LogP contribution in [0.15, 0.2) is 29.0 Å². The van der Waals surface area contributed by atoms with Crippen molar-refractivity contribution in [3.63, 3.8) is 0 Å². The van der Waals surface area contributed by atoms with Gasteiger partial charge >= 0.3 is 0 Å². The summed E-state index contributed by atoms with van der Waals surface area (Å²) in [4.78, 5) is 12.0. The van der Waals surface area contributed by atoms with E-state index in [1.165, 1.54) is 6.26 Å². The third-order valence-corrected chi connectivity index (χ3v) is 2.61. The van der Waals surface area contributed by atoms with Crippen LogP contribution >= 0.6 is 0 Å². The summed E-state index contributed by atoms with van der Waals surface area (Å²) in [6, 6.07) is 5.71. The van der Waals surface area contributed by atoms with E-state index in [1.54, 1.807) is 0 Å². The number of hydrogen-bond acceptors (Lipinski definition) is 3. The van der Waals surface area contributed by atoms with E-state index in [1.807, 2.05) is 39.0 Å². The van der Waals surface area contributed by atoms with Gasteiger partial charge in [0.1, 0.15) is 6.26 Å². The van der Waals surface area contributed by atoms with Crippen LogP contribution in [0.4, 0.5) is 5.82 Å². The SMILES string of the molecule is Cc1ccc(C(=O)Nc2nocc2C)c(C)c1. The first-order valence-electron chi connectivity index (χ1n) is 5.37. The summed E-state index contributed by atoms with van der Waals surface area (Å²) in [5.41, 5.74) is 3.54. The van der Waals surface area contributed by atoms with E-state index in [0.717, 1.165) is 16.7 Å². The number of nitrogens with one attached hydrogen (secondary N) is 1. The van der Waals surface area contributed by atoms with Gasteiger partial charge in [-0.15, -0.1) is 0 Å². The zero-order valence-electron chi connectivity index (χ0n) is 10.1. The number of amides is 1. The monoisotopic (exact) mass is 230 g/mol. The first-order valence-corrected chi connectivity index (χ1v) is 5.37. The van der Waals surface area contributed by atoms with Gasteiger partial charge in [-0.2, -0.15) is 0 Å². The number of carbonyl (C=O) groups is 1. The number of benzene rings is 1. The minimum absolute atomic E-state index is 0.167. The molecule has 1 aromatic heterocycles. The van der Waals surface area contributed by atoms with Crippen LogP contribution in [0.2, 0.25) is 0 Å². The Bertz CT molecular complexity index is 558. The summed E-state index contributed by atoms with van der Waals surface area (Å²) in [5.74, 6) is 0.300. The van der Waals surface area contributed by atoms with Crippen LogP contribution in [0, 0.1) is 20.8 Å². The molecule has 1 heterocycles. The molecule has 0 unspecified atom stereocenters. The van der Waals surface area contributed by atoms with Gasteiger partial charge in [-0.25, -0.2) is 0 Å². The fourth-order valence-electron chi connectivity index (χ4n) is 1.65. The number of nitrogens with zero attached hydrogens (tertiary/aromatic N) is 1. The second-order valence-electron chi connectivity index (χ2n) is 4.12. The van der Waals surface area contributed by atoms with Gasteiger partial charge < -0.3 is 9.84 Å². The first-order chi connectivity index (χ1) is 8.08. The smallest absolute Gasteiger partial charge is 0.257 e. The van der Waals surface area contributed by atoms with Crippen molar-refractivity contribution in [1.82, 2.24) is 5.16 Å². The van der Waals surface area contributed by atoms with Gasteiger partial charge in [0.2, 0.25) is 0 Å². The lowest BCUT2D eigenvalue weighted by Gasteiger charge is -2.06. The maximum Gasteiger partial charge on any atom is 0.257 e. The molecule has 0 saturated carbocycles. The Kier molecular flexibility index (Phi) is 2.95. The van der Waals surface area contributed by atoms with Gasteiger partial charge in [0.05, 0.1) is 0 Å². The molecule has 0 radical (unpaired) electrons. The number of hydrogen-bond donors (Lipinski definition) is 1. The minimum atomic E-state index is -0.167. The van der Waals surface area contributed by atoms with E-state index in [0.29, 0.717) is 11.4 Å². The molecule has 1 amide bonds. The molecule has 88 valence electrons. The van der Waals surface area contributed by atoms with Crippen LogP contribution in [-0.2, 0) is 0 Å². The van der Waals surface area contributed by atoms with Crippen molar-refractivity contribution in [3.8, 4) is 0 Å². The molecule has 0 fully saturated rings. The van der Waals surface area contributed by atoms with Crippen LogP contribution < -0.4 is 5.32 Å². The van der Waals surface area contributed by atoms with Gasteiger partial charge in [-0.05, 0) is 32.4 Å². The molecule has 2 rings (SSSR count). The summed E-state index contributed by atoms with van der Waals surface area (Å²) < 4.78 is 4.77. The van der Waals surface area contributed by atoms with E-state index in [2.05, 4.69) is 10.5 Å². The molecular formula is C13H14N2O2. The van der Waals surface area contributed by atoms with Gasteiger partial charge in [0, 0.05) is 11.1 Å². The minimum Gasteiger partial charge on any atom is -0.362 e. The van der Waals surface area contributed by atoms with Gasteiger partial charge in [0.25, 0.3) is 5.91 Å². The van der Waals surface area contributed by atoms with Crippen LogP contribution in [-0.4, -0.2) is 11.1 Å². The Morgan fingerprint density at radius 3 is 2.59 bits per heavy atom. The number of anilines is 1. The summed E-state index contributed by atoms with van der Waals surface area (Å²) >= 11 is 0. The van der Waals surface area contributed by atoms with E-state index >= 15 is 0 Å². The molecule has 17 heavy (non-hydrogen) atoms. The highest BCUT2D eigenvalue weighted by Gasteiger charge is 2.12. The molecule has 0 saturated heterocycles. The molecule has 0 aliphatic rings. The molecule has 0 atom stereocenters. The summed E-state index contributed by atoms with van der Waals surface area (Å²) in [6.45, 7) is 5.74. The molecule has 0 bridgehead atoms. The molecule has 4 nitrogen and oxygen atoms in total. The predicted octanol–water partition coefficient (Wildman–Crippen LogP) is 2.85. The van der Waals surface area contributed by atoms with Crippen molar-refractivity contribution in [1.29, 1.82) is 0 Å². The maximum atomic E-state index is 12.0. The van der Waals surface area contributed by atoms with E-state index in [9.17, 15) is 4.79 Å². The average Bonchev–Trinajstić information content (AvgIpc) is 2.64. The molecule has 0 aliphatic carbocycles. The lowest BCUT2D eigenvalue weighted by molar-refractivity contribution is 0.102. The largest absolute Gasteiger partial charge is 0.362 e. The van der Waals surface area contributed by atoms with Gasteiger partial charge in [0.15, 0.2) is 5.82 Å². The Balaban J connectivity index is 2.23. The Morgan fingerprint density at radius 2 is 2.00 bits per heavy atom. The fraction of sp³-hybridized carbons (Fsp3) is 0.231. The molecule has 2 aromatic rings. The Morgan fingerprint density at radius 1 is 1.24 bits per heavy atom. The second kappa shape index (κ2) is 4.41. The zero-order chi connectivity index (χ0) is 12.4. The zero-order valence-corrected chi connectivity index (χ0v) is 10.1. The highest BCUT2D eigenvalue weighted by molar-refractivity contribution is 6.05. The van der Waals surface area contributed by atoms with Crippen molar-refractivity contribution < 1.29 is 9.32 Å². The van der Waals surface area contributed by atoms with Crippen molar-refractivity contribution in [2.24, 2.45) is 0 Å². The topological polar surface area (TPSA) is 55.1 Å². The molecule has 0 aliphatic heterocycles. The summed E-state index contributed by atoms with van der Waals surface area (Å²) in [6.07, 6.45) is 1.50. The number of aryl methyl sites for hydroxylation is 3. The van der Waals surface area contributed by atoms with E-state index < -0.39 is 0 Å². The van der Waals surface area contributed by atoms with Crippen molar-refractivity contribution >= 4 is 11.7 Å². The first kappa shape index (κ1) is 11.4. The van der Waals surface area contributed by atoms with Crippen LogP contribution in [0.5, 0.6) is 0 Å². The summed E-state index contributed by atoms with van der Waals surface area (Å²) in [5, 5.41) is 6.44. The molecule has 0 spiro atoms. The number of aromatic nitrogens is 1. The quantitative estimate of drug-likeness (QED) is 0.863. The second-order valence-corrected chi connectivity index (χ2v) is 4.12. The highest BCUT2D eigenvalue weighted by atomic mass is 16.5. The maximum absolute atomic E-state index is 12.0. The number of rotatable bonds is 2. The number of carbonyl (C=O) groups excluding carboxylic acids is 1. The van der Waals surface area contributed by atoms with Crippen LogP contribution in [0.25, 0.3) is 0 Å². The highest BCUT2D eigenvalue weighted by Crippen LogP contribution is 2.15. The van der Waals surface area contributed by atoms with Crippen molar-refractivity contribution in [3.05, 3.63) is 46.7 Å². The summed E-state index contributed by atoms with van der Waals surface area (Å²) in [7, 11) is 0. The third-order valence-electron chi connectivity index (χ3n) is 2.61. The normalized spacial score (nSPS) is 10.3. The molecule has 1 N–H and O–H groups in total. The average molecular weight is 230 g/mol. The van der Waals surface area contributed by atoms with Gasteiger partial charge in [-0.1, -0.05) is 22.9 Å². The molecular weight excluding hydrogens is 216 g/mol. The molecule has 4 heteroatoms. The lowest BCUT2D eigenvalue weighted by Crippen LogP contribution is -2.14. The van der Waals surface area contributed by atoms with Gasteiger partial charge in [-0.3, -0.25) is 4.79 Å². The Labute approximate surface area is 99.6 Å². The third kappa shape index (κ3) is 2.36. The molecule has 1 aromatic carbocycles. The predicted molar refractivity (Wildman–Crippen MR) is 65.1 cm³/mol. The lowest BCUT2D eigenvalue weighted by atomic mass is 10.1. The fourth-order valence-corrected chi connectivity index (χ4v) is 1.65. The van der Waals surface area contributed by atoms with Crippen LogP contribution in [0.1, 0.15) is 27.0 Å². The van der Waals surface area contributed by atoms with E-state index in [4.69, 9.17) is 4.52 Å². The van der Waals surface area contributed by atoms with Crippen LogP contribution in [0.3, 0.4) is 0 Å².